The van der Waals surface area contributed by atoms with Gasteiger partial charge in [-0.25, -0.2) is 4.79 Å². The molecule has 1 N–H and O–H groups in total. The molecule has 2 aromatic carbocycles. The van der Waals surface area contributed by atoms with E-state index in [-0.39, 0.29) is 19.1 Å². The lowest BCUT2D eigenvalue weighted by molar-refractivity contribution is -0.123. The maximum atomic E-state index is 11.9. The van der Waals surface area contributed by atoms with Crippen LogP contribution in [0.5, 0.6) is 11.5 Å². The van der Waals surface area contributed by atoms with Gasteiger partial charge in [-0.15, -0.1) is 0 Å². The molecule has 0 saturated carbocycles. The zero-order valence-electron chi connectivity index (χ0n) is 14.3. The number of carbonyl (C=O) groups excluding carboxylic acids is 2. The molecule has 0 aliphatic carbocycles. The van der Waals surface area contributed by atoms with E-state index in [0.717, 1.165) is 11.3 Å². The molecule has 0 bridgehead atoms. The molecule has 0 atom stereocenters. The predicted molar refractivity (Wildman–Crippen MR) is 92.7 cm³/mol. The molecule has 2 aromatic rings. The van der Waals surface area contributed by atoms with E-state index in [0.29, 0.717) is 17.9 Å². The van der Waals surface area contributed by atoms with E-state index in [4.69, 9.17) is 14.2 Å². The van der Waals surface area contributed by atoms with Crippen molar-refractivity contribution < 1.29 is 23.8 Å². The average Bonchev–Trinajstić information content (AvgIpc) is 2.65. The Bertz CT molecular complexity index is 712. The molecule has 0 unspecified atom stereocenters. The lowest BCUT2D eigenvalue weighted by Crippen LogP contribution is -2.28. The molecule has 6 heteroatoms. The number of para-hydroxylation sites is 1. The number of benzene rings is 2. The number of methoxy groups -OCH3 is 1. The number of ether oxygens (including phenoxy) is 3. The molecule has 0 fully saturated rings. The number of rotatable bonds is 8. The second kappa shape index (κ2) is 9.32. The normalized spacial score (nSPS) is 10.0. The van der Waals surface area contributed by atoms with Gasteiger partial charge in [0.05, 0.1) is 13.7 Å². The molecule has 0 spiro atoms. The molecule has 25 heavy (non-hydrogen) atoms. The van der Waals surface area contributed by atoms with Gasteiger partial charge >= 0.3 is 5.97 Å². The minimum Gasteiger partial charge on any atom is -0.497 e. The van der Waals surface area contributed by atoms with Crippen molar-refractivity contribution in [1.82, 2.24) is 5.32 Å². The summed E-state index contributed by atoms with van der Waals surface area (Å²) in [5.41, 5.74) is 1.24. The summed E-state index contributed by atoms with van der Waals surface area (Å²) in [6.45, 7) is 2.20. The van der Waals surface area contributed by atoms with Crippen LogP contribution in [0.15, 0.2) is 48.5 Å². The number of amides is 1. The number of hydrogen-bond acceptors (Lipinski definition) is 5. The topological polar surface area (TPSA) is 73.9 Å². The molecule has 0 aromatic heterocycles. The summed E-state index contributed by atoms with van der Waals surface area (Å²) in [5, 5.41) is 2.76. The average molecular weight is 343 g/mol. The van der Waals surface area contributed by atoms with Gasteiger partial charge in [0.15, 0.2) is 6.61 Å². The van der Waals surface area contributed by atoms with E-state index in [1.807, 2.05) is 24.3 Å². The van der Waals surface area contributed by atoms with Crippen molar-refractivity contribution in [3.63, 3.8) is 0 Å². The largest absolute Gasteiger partial charge is 0.497 e. The molecule has 2 rings (SSSR count). The standard InChI is InChI=1S/C19H21NO5/c1-3-24-19(22)16-6-4-5-7-17(16)25-13-18(21)20-12-14-8-10-15(23-2)11-9-14/h4-11H,3,12-13H2,1-2H3,(H,20,21). The summed E-state index contributed by atoms with van der Waals surface area (Å²) in [7, 11) is 1.60. The van der Waals surface area contributed by atoms with E-state index in [9.17, 15) is 9.59 Å². The zero-order chi connectivity index (χ0) is 18.1. The SMILES string of the molecule is CCOC(=O)c1ccccc1OCC(=O)NCc1ccc(OC)cc1. The van der Waals surface area contributed by atoms with Crippen molar-refractivity contribution in [2.24, 2.45) is 0 Å². The molecule has 0 radical (unpaired) electrons. The summed E-state index contributed by atoms with van der Waals surface area (Å²) in [4.78, 5) is 23.8. The third-order valence-corrected chi connectivity index (χ3v) is 3.39. The highest BCUT2D eigenvalue weighted by Gasteiger charge is 2.14. The Balaban J connectivity index is 1.86. The van der Waals surface area contributed by atoms with Gasteiger partial charge in [-0.1, -0.05) is 24.3 Å². The van der Waals surface area contributed by atoms with E-state index in [2.05, 4.69) is 5.32 Å². The second-order valence-electron chi connectivity index (χ2n) is 5.13. The fourth-order valence-corrected chi connectivity index (χ4v) is 2.11. The van der Waals surface area contributed by atoms with Crippen LogP contribution < -0.4 is 14.8 Å². The van der Waals surface area contributed by atoms with Crippen molar-refractivity contribution in [2.75, 3.05) is 20.3 Å². The smallest absolute Gasteiger partial charge is 0.341 e. The van der Waals surface area contributed by atoms with Crippen molar-refractivity contribution >= 4 is 11.9 Å². The minimum atomic E-state index is -0.475. The number of esters is 1. The highest BCUT2D eigenvalue weighted by atomic mass is 16.5. The summed E-state index contributed by atoms with van der Waals surface area (Å²) in [6, 6.07) is 14.1. The lowest BCUT2D eigenvalue weighted by atomic mass is 10.2. The van der Waals surface area contributed by atoms with Crippen LogP contribution in [0, 0.1) is 0 Å². The van der Waals surface area contributed by atoms with Crippen molar-refractivity contribution in [3.8, 4) is 11.5 Å². The Morgan fingerprint density at radius 1 is 1.04 bits per heavy atom. The fraction of sp³-hybridized carbons (Fsp3) is 0.263. The highest BCUT2D eigenvalue weighted by molar-refractivity contribution is 5.92. The summed E-state index contributed by atoms with van der Waals surface area (Å²) in [6.07, 6.45) is 0. The molecular weight excluding hydrogens is 322 g/mol. The highest BCUT2D eigenvalue weighted by Crippen LogP contribution is 2.19. The van der Waals surface area contributed by atoms with Crippen LogP contribution in [0.1, 0.15) is 22.8 Å². The summed E-state index contributed by atoms with van der Waals surface area (Å²) >= 11 is 0. The van der Waals surface area contributed by atoms with Gasteiger partial charge in [-0.05, 0) is 36.8 Å². The third-order valence-electron chi connectivity index (χ3n) is 3.39. The van der Waals surface area contributed by atoms with Gasteiger partial charge in [-0.3, -0.25) is 4.79 Å². The predicted octanol–water partition coefficient (Wildman–Crippen LogP) is 2.57. The Morgan fingerprint density at radius 3 is 2.44 bits per heavy atom. The Morgan fingerprint density at radius 2 is 1.76 bits per heavy atom. The van der Waals surface area contributed by atoms with Crippen molar-refractivity contribution in [2.45, 2.75) is 13.5 Å². The molecular formula is C19H21NO5. The van der Waals surface area contributed by atoms with Crippen LogP contribution in [0.2, 0.25) is 0 Å². The minimum absolute atomic E-state index is 0.188. The Hall–Kier alpha value is -3.02. The summed E-state index contributed by atoms with van der Waals surface area (Å²) in [5.74, 6) is 0.320. The summed E-state index contributed by atoms with van der Waals surface area (Å²) < 4.78 is 15.5. The van der Waals surface area contributed by atoms with Crippen LogP contribution in [0.3, 0.4) is 0 Å². The first-order valence-corrected chi connectivity index (χ1v) is 7.92. The Kier molecular flexibility index (Phi) is 6.83. The van der Waals surface area contributed by atoms with Gasteiger partial charge in [0.1, 0.15) is 17.1 Å². The van der Waals surface area contributed by atoms with Crippen LogP contribution in [-0.4, -0.2) is 32.2 Å². The molecule has 0 aliphatic heterocycles. The van der Waals surface area contributed by atoms with Crippen LogP contribution in [0.25, 0.3) is 0 Å². The number of nitrogens with one attached hydrogen (secondary N) is 1. The lowest BCUT2D eigenvalue weighted by Gasteiger charge is -2.11. The monoisotopic (exact) mass is 343 g/mol. The number of carbonyl (C=O) groups is 2. The van der Waals surface area contributed by atoms with Crippen LogP contribution in [-0.2, 0) is 16.1 Å². The Labute approximate surface area is 146 Å². The molecule has 1 amide bonds. The van der Waals surface area contributed by atoms with E-state index >= 15 is 0 Å². The number of hydrogen-bond donors (Lipinski definition) is 1. The zero-order valence-corrected chi connectivity index (χ0v) is 14.3. The van der Waals surface area contributed by atoms with E-state index in [1.165, 1.54) is 0 Å². The van der Waals surface area contributed by atoms with Gasteiger partial charge in [-0.2, -0.15) is 0 Å². The van der Waals surface area contributed by atoms with Gasteiger partial charge in [0.2, 0.25) is 0 Å². The fourth-order valence-electron chi connectivity index (χ4n) is 2.11. The van der Waals surface area contributed by atoms with E-state index < -0.39 is 5.97 Å². The van der Waals surface area contributed by atoms with E-state index in [1.54, 1.807) is 38.3 Å². The second-order valence-corrected chi connectivity index (χ2v) is 5.13. The molecule has 6 nitrogen and oxygen atoms in total. The van der Waals surface area contributed by atoms with Crippen LogP contribution in [0.4, 0.5) is 0 Å². The van der Waals surface area contributed by atoms with Crippen molar-refractivity contribution in [3.05, 3.63) is 59.7 Å². The first kappa shape index (κ1) is 18.3. The molecule has 0 saturated heterocycles. The maximum Gasteiger partial charge on any atom is 0.341 e. The van der Waals surface area contributed by atoms with Crippen molar-refractivity contribution in [1.29, 1.82) is 0 Å². The first-order chi connectivity index (χ1) is 12.1. The quantitative estimate of drug-likeness (QED) is 0.746. The molecule has 0 heterocycles. The van der Waals surface area contributed by atoms with Gasteiger partial charge < -0.3 is 19.5 Å². The molecule has 132 valence electrons. The molecule has 0 aliphatic rings. The van der Waals surface area contributed by atoms with Gasteiger partial charge in [0, 0.05) is 6.54 Å². The first-order valence-electron chi connectivity index (χ1n) is 7.92. The third kappa shape index (κ3) is 5.53. The van der Waals surface area contributed by atoms with Crippen LogP contribution >= 0.6 is 0 Å². The maximum absolute atomic E-state index is 11.9. The van der Waals surface area contributed by atoms with Gasteiger partial charge in [0.25, 0.3) is 5.91 Å².